The molecule has 3 heterocycles. The molecule has 2 aliphatic carbocycles. The Kier molecular flexibility index (Phi) is 5.19. The van der Waals surface area contributed by atoms with E-state index >= 15 is 0 Å². The molecule has 1 amide bonds. The summed E-state index contributed by atoms with van der Waals surface area (Å²) in [6, 6.07) is 2.28. The molecule has 0 aromatic carbocycles. The highest BCUT2D eigenvalue weighted by atomic mass is 32.1. The number of amides is 1. The number of anilines is 1. The first-order chi connectivity index (χ1) is 15.0. The average molecular weight is 453 g/mol. The number of carbonyl (C=O) groups excluding carboxylic acids is 1. The summed E-state index contributed by atoms with van der Waals surface area (Å²) in [6.07, 6.45) is 7.06. The number of carbonyl (C=O) groups is 1. The van der Waals surface area contributed by atoms with Crippen molar-refractivity contribution in [1.82, 2.24) is 9.55 Å². The predicted octanol–water partition coefficient (Wildman–Crippen LogP) is 4.34. The Hall–Kier alpha value is -2.50. The van der Waals surface area contributed by atoms with Gasteiger partial charge < -0.3 is 5.32 Å². The van der Waals surface area contributed by atoms with E-state index in [0.29, 0.717) is 27.7 Å². The normalized spacial score (nSPS) is 17.8. The van der Waals surface area contributed by atoms with E-state index in [4.69, 9.17) is 0 Å². The molecule has 2 aliphatic rings. The van der Waals surface area contributed by atoms with Gasteiger partial charge in [0, 0.05) is 9.75 Å². The van der Waals surface area contributed by atoms with Crippen molar-refractivity contribution in [3.05, 3.63) is 42.6 Å². The van der Waals surface area contributed by atoms with Crippen LogP contribution in [-0.4, -0.2) is 15.5 Å². The number of nitrogens with one attached hydrogen (secondary N) is 1. The van der Waals surface area contributed by atoms with Crippen LogP contribution in [0.4, 0.5) is 5.00 Å². The van der Waals surface area contributed by atoms with Gasteiger partial charge in [0.2, 0.25) is 5.91 Å². The van der Waals surface area contributed by atoms with E-state index in [0.717, 1.165) is 60.9 Å². The van der Waals surface area contributed by atoms with E-state index < -0.39 is 0 Å². The molecule has 0 saturated carbocycles. The number of aryl methyl sites for hydroxylation is 3. The molecule has 31 heavy (non-hydrogen) atoms. The molecule has 5 rings (SSSR count). The van der Waals surface area contributed by atoms with Gasteiger partial charge in [0.05, 0.1) is 10.9 Å². The highest BCUT2D eigenvalue weighted by Crippen LogP contribution is 2.39. The Morgan fingerprint density at radius 1 is 1.23 bits per heavy atom. The molecule has 6 nitrogen and oxygen atoms in total. The molecular formula is C23H24N4O2S2. The summed E-state index contributed by atoms with van der Waals surface area (Å²) in [6.45, 7) is 3.90. The second kappa shape index (κ2) is 7.88. The summed E-state index contributed by atoms with van der Waals surface area (Å²) < 4.78 is 1.47. The van der Waals surface area contributed by atoms with Gasteiger partial charge in [0.25, 0.3) is 5.56 Å². The molecule has 1 atom stereocenters. The lowest BCUT2D eigenvalue weighted by molar-refractivity contribution is -0.116. The third kappa shape index (κ3) is 3.50. The zero-order valence-electron chi connectivity index (χ0n) is 17.7. The maximum absolute atomic E-state index is 13.3. The van der Waals surface area contributed by atoms with Crippen LogP contribution in [0.5, 0.6) is 0 Å². The summed E-state index contributed by atoms with van der Waals surface area (Å²) in [7, 11) is 0. The molecule has 3 aromatic heterocycles. The molecule has 0 aliphatic heterocycles. The second-order valence-electron chi connectivity index (χ2n) is 8.66. The van der Waals surface area contributed by atoms with Crippen LogP contribution in [0.1, 0.15) is 58.5 Å². The number of nitrogens with zero attached hydrogens (tertiary/aromatic N) is 3. The Balaban J connectivity index is 1.45. The smallest absolute Gasteiger partial charge is 0.263 e. The summed E-state index contributed by atoms with van der Waals surface area (Å²) in [5, 5.41) is 13.9. The third-order valence-electron chi connectivity index (χ3n) is 6.44. The quantitative estimate of drug-likeness (QED) is 0.640. The van der Waals surface area contributed by atoms with Gasteiger partial charge in [0.15, 0.2) is 0 Å². The Bertz CT molecular complexity index is 1310. The van der Waals surface area contributed by atoms with Crippen LogP contribution in [0.25, 0.3) is 10.2 Å². The van der Waals surface area contributed by atoms with Crippen molar-refractivity contribution >= 4 is 43.8 Å². The highest BCUT2D eigenvalue weighted by molar-refractivity contribution is 7.18. The minimum atomic E-state index is -0.293. The summed E-state index contributed by atoms with van der Waals surface area (Å²) in [5.74, 6) is 0.849. The number of rotatable bonds is 3. The fraction of sp³-hybridized carbons (Fsp3) is 0.478. The zero-order valence-corrected chi connectivity index (χ0v) is 19.3. The van der Waals surface area contributed by atoms with Gasteiger partial charge in [-0.3, -0.25) is 14.2 Å². The Morgan fingerprint density at radius 2 is 2.03 bits per heavy atom. The maximum Gasteiger partial charge on any atom is 0.263 e. The molecule has 3 aromatic rings. The summed E-state index contributed by atoms with van der Waals surface area (Å²) in [5.41, 5.74) is 2.67. The van der Waals surface area contributed by atoms with Crippen LogP contribution in [0.3, 0.4) is 0 Å². The van der Waals surface area contributed by atoms with Crippen molar-refractivity contribution in [2.24, 2.45) is 5.92 Å². The third-order valence-corrected chi connectivity index (χ3v) is 8.80. The predicted molar refractivity (Wildman–Crippen MR) is 124 cm³/mol. The van der Waals surface area contributed by atoms with Crippen molar-refractivity contribution in [3.63, 3.8) is 0 Å². The van der Waals surface area contributed by atoms with Crippen LogP contribution in [0, 0.1) is 24.2 Å². The van der Waals surface area contributed by atoms with Gasteiger partial charge >= 0.3 is 0 Å². The van der Waals surface area contributed by atoms with Crippen molar-refractivity contribution in [2.75, 3.05) is 5.32 Å². The van der Waals surface area contributed by atoms with Crippen molar-refractivity contribution in [2.45, 2.75) is 65.3 Å². The summed E-state index contributed by atoms with van der Waals surface area (Å²) >= 11 is 3.12. The minimum absolute atomic E-state index is 0.0952. The molecule has 160 valence electrons. The maximum atomic E-state index is 13.3. The number of nitriles is 1. The van der Waals surface area contributed by atoms with Gasteiger partial charge in [-0.05, 0) is 68.9 Å². The molecule has 1 N–H and O–H groups in total. The number of aromatic nitrogens is 2. The zero-order chi connectivity index (χ0) is 21.7. The van der Waals surface area contributed by atoms with Gasteiger partial charge in [0.1, 0.15) is 28.3 Å². The van der Waals surface area contributed by atoms with Gasteiger partial charge in [-0.25, -0.2) is 4.98 Å². The molecule has 0 radical (unpaired) electrons. The number of thiophene rings is 2. The first-order valence-corrected chi connectivity index (χ1v) is 12.5. The topological polar surface area (TPSA) is 87.8 Å². The largest absolute Gasteiger partial charge is 0.315 e. The van der Waals surface area contributed by atoms with Crippen LogP contribution < -0.4 is 10.9 Å². The van der Waals surface area contributed by atoms with E-state index in [9.17, 15) is 14.9 Å². The molecule has 0 fully saturated rings. The Labute approximate surface area is 188 Å². The first-order valence-electron chi connectivity index (χ1n) is 10.8. The molecule has 1 unspecified atom stereocenters. The van der Waals surface area contributed by atoms with E-state index in [1.165, 1.54) is 25.7 Å². The van der Waals surface area contributed by atoms with Crippen molar-refractivity contribution < 1.29 is 4.79 Å². The van der Waals surface area contributed by atoms with Crippen molar-refractivity contribution in [3.8, 4) is 6.07 Å². The van der Waals surface area contributed by atoms with Crippen LogP contribution in [0.2, 0.25) is 0 Å². The van der Waals surface area contributed by atoms with Crippen LogP contribution in [0.15, 0.2) is 4.79 Å². The first kappa shape index (κ1) is 20.4. The van der Waals surface area contributed by atoms with E-state index in [1.807, 2.05) is 0 Å². The minimum Gasteiger partial charge on any atom is -0.315 e. The van der Waals surface area contributed by atoms with E-state index in [1.54, 1.807) is 18.3 Å². The Morgan fingerprint density at radius 3 is 2.84 bits per heavy atom. The molecule has 0 bridgehead atoms. The van der Waals surface area contributed by atoms with Crippen LogP contribution in [-0.2, 0) is 37.0 Å². The lowest BCUT2D eigenvalue weighted by atomic mass is 9.89. The second-order valence-corrected chi connectivity index (χ2v) is 10.8. The van der Waals surface area contributed by atoms with Gasteiger partial charge in [-0.2, -0.15) is 5.26 Å². The molecule has 0 spiro atoms. The number of fused-ring (bicyclic) bond motifs is 4. The average Bonchev–Trinajstić information content (AvgIpc) is 3.27. The van der Waals surface area contributed by atoms with Gasteiger partial charge in [-0.15, -0.1) is 22.7 Å². The standard InChI is InChI=1S/C23H24N4O2S2/c1-12-7-8-14-16(10-24)21(31-18(14)9-12)26-19(28)11-27-13(2)25-22-20(23(27)29)15-5-3-4-6-17(15)30-22/h12H,3-9,11H2,1-2H3,(H,26,28). The SMILES string of the molecule is Cc1nc2sc3c(c2c(=O)n1CC(=O)Nc1sc2c(c1C#N)CCC(C)C2)CCCC3. The lowest BCUT2D eigenvalue weighted by Gasteiger charge is -2.17. The fourth-order valence-corrected chi connectivity index (χ4v) is 7.47. The highest BCUT2D eigenvalue weighted by Gasteiger charge is 2.26. The summed E-state index contributed by atoms with van der Waals surface area (Å²) in [4.78, 5) is 34.1. The fourth-order valence-electron chi connectivity index (χ4n) is 4.79. The lowest BCUT2D eigenvalue weighted by Crippen LogP contribution is -2.30. The van der Waals surface area contributed by atoms with E-state index in [-0.39, 0.29) is 18.0 Å². The number of hydrogen-bond donors (Lipinski definition) is 1. The van der Waals surface area contributed by atoms with E-state index in [2.05, 4.69) is 23.3 Å². The monoisotopic (exact) mass is 452 g/mol. The molecule has 8 heteroatoms. The van der Waals surface area contributed by atoms with Crippen molar-refractivity contribution in [1.29, 1.82) is 5.26 Å². The van der Waals surface area contributed by atoms with Crippen LogP contribution >= 0.6 is 22.7 Å². The van der Waals surface area contributed by atoms with Gasteiger partial charge in [-0.1, -0.05) is 6.92 Å². The molecule has 0 saturated heterocycles. The molecular weight excluding hydrogens is 428 g/mol. The number of hydrogen-bond acceptors (Lipinski definition) is 6.